The third-order valence-corrected chi connectivity index (χ3v) is 4.92. The lowest BCUT2D eigenvalue weighted by atomic mass is 10.1. The molecule has 0 spiro atoms. The fourth-order valence-corrected chi connectivity index (χ4v) is 3.44. The van der Waals surface area contributed by atoms with Gasteiger partial charge in [0, 0.05) is 4.88 Å². The lowest BCUT2D eigenvalue weighted by Crippen LogP contribution is -2.33. The number of amides is 1. The van der Waals surface area contributed by atoms with E-state index in [9.17, 15) is 4.79 Å². The van der Waals surface area contributed by atoms with E-state index in [4.69, 9.17) is 4.74 Å². The van der Waals surface area contributed by atoms with E-state index in [1.165, 1.54) is 11.3 Å². The topological polar surface area (TPSA) is 50.7 Å². The average molecular weight is 403 g/mol. The lowest BCUT2D eigenvalue weighted by Gasteiger charge is -2.13. The number of thiophene rings is 1. The van der Waals surface area contributed by atoms with Crippen LogP contribution in [-0.4, -0.2) is 18.2 Å². The highest BCUT2D eigenvalue weighted by molar-refractivity contribution is 9.11. The Kier molecular flexibility index (Phi) is 5.27. The second kappa shape index (κ2) is 7.59. The summed E-state index contributed by atoms with van der Waals surface area (Å²) in [6.07, 6.45) is 0.967. The van der Waals surface area contributed by atoms with Gasteiger partial charge in [-0.15, -0.1) is 11.3 Å². The van der Waals surface area contributed by atoms with E-state index in [1.54, 1.807) is 13.1 Å². The number of halogens is 1. The second-order valence-electron chi connectivity index (χ2n) is 5.15. The Labute approximate surface area is 152 Å². The van der Waals surface area contributed by atoms with E-state index in [1.807, 2.05) is 54.6 Å². The maximum atomic E-state index is 12.1. The number of ether oxygens (including phenoxy) is 1. The molecule has 3 rings (SSSR count). The van der Waals surface area contributed by atoms with Crippen LogP contribution in [0.25, 0.3) is 10.8 Å². The third-order valence-electron chi connectivity index (χ3n) is 3.36. The lowest BCUT2D eigenvalue weighted by molar-refractivity contribution is -0.127. The number of hydrogen-bond acceptors (Lipinski definition) is 4. The van der Waals surface area contributed by atoms with Crippen LogP contribution in [0.15, 0.2) is 63.5 Å². The van der Waals surface area contributed by atoms with Gasteiger partial charge >= 0.3 is 0 Å². The second-order valence-corrected chi connectivity index (χ2v) is 7.64. The molecule has 6 heteroatoms. The summed E-state index contributed by atoms with van der Waals surface area (Å²) in [6, 6.07) is 17.6. The Morgan fingerprint density at radius 3 is 2.75 bits per heavy atom. The molecule has 0 bridgehead atoms. The normalized spacial score (nSPS) is 12.4. The first kappa shape index (κ1) is 16.7. The SMILES string of the molecule is CC(Oc1ccc2ccccc2c1)C(=O)N/N=C/c1ccc(Br)s1. The summed E-state index contributed by atoms with van der Waals surface area (Å²) >= 11 is 4.92. The molecule has 0 fully saturated rings. The molecule has 0 aliphatic carbocycles. The molecule has 4 nitrogen and oxygen atoms in total. The number of rotatable bonds is 5. The number of nitrogens with zero attached hydrogens (tertiary/aromatic N) is 1. The predicted molar refractivity (Wildman–Crippen MR) is 102 cm³/mol. The number of nitrogens with one attached hydrogen (secondary N) is 1. The predicted octanol–water partition coefficient (Wildman–Crippen LogP) is 4.58. The molecule has 24 heavy (non-hydrogen) atoms. The monoisotopic (exact) mass is 402 g/mol. The molecular weight excluding hydrogens is 388 g/mol. The van der Waals surface area contributed by atoms with Gasteiger partial charge in [0.25, 0.3) is 5.91 Å². The van der Waals surface area contributed by atoms with Crippen LogP contribution < -0.4 is 10.2 Å². The van der Waals surface area contributed by atoms with Crippen LogP contribution in [0.3, 0.4) is 0 Å². The highest BCUT2D eigenvalue weighted by Gasteiger charge is 2.14. The Bertz CT molecular complexity index is 891. The van der Waals surface area contributed by atoms with Crippen LogP contribution >= 0.6 is 27.3 Å². The van der Waals surface area contributed by atoms with Crippen LogP contribution in [0.1, 0.15) is 11.8 Å². The van der Waals surface area contributed by atoms with E-state index in [0.717, 1.165) is 19.4 Å². The summed E-state index contributed by atoms with van der Waals surface area (Å²) in [6.45, 7) is 1.70. The number of hydrogen-bond donors (Lipinski definition) is 1. The zero-order chi connectivity index (χ0) is 16.9. The molecule has 3 aromatic rings. The number of fused-ring (bicyclic) bond motifs is 1. The highest BCUT2D eigenvalue weighted by atomic mass is 79.9. The Balaban J connectivity index is 1.59. The van der Waals surface area contributed by atoms with Gasteiger partial charge in [-0.2, -0.15) is 5.10 Å². The van der Waals surface area contributed by atoms with E-state index >= 15 is 0 Å². The van der Waals surface area contributed by atoms with Crippen molar-refractivity contribution in [2.24, 2.45) is 5.10 Å². The van der Waals surface area contributed by atoms with Gasteiger partial charge in [-0.3, -0.25) is 4.79 Å². The van der Waals surface area contributed by atoms with E-state index in [2.05, 4.69) is 26.5 Å². The van der Waals surface area contributed by atoms with Gasteiger partial charge in [0.1, 0.15) is 5.75 Å². The summed E-state index contributed by atoms with van der Waals surface area (Å²) in [7, 11) is 0. The average Bonchev–Trinajstić information content (AvgIpc) is 3.00. The molecule has 1 atom stereocenters. The van der Waals surface area contributed by atoms with E-state index < -0.39 is 6.10 Å². The minimum Gasteiger partial charge on any atom is -0.481 e. The molecule has 1 N–H and O–H groups in total. The highest BCUT2D eigenvalue weighted by Crippen LogP contribution is 2.22. The van der Waals surface area contributed by atoms with E-state index in [0.29, 0.717) is 5.75 Å². The van der Waals surface area contributed by atoms with Crippen molar-refractivity contribution >= 4 is 50.2 Å². The van der Waals surface area contributed by atoms with E-state index in [-0.39, 0.29) is 5.91 Å². The number of hydrazone groups is 1. The van der Waals surface area contributed by atoms with Crippen molar-refractivity contribution in [2.75, 3.05) is 0 Å². The summed E-state index contributed by atoms with van der Waals surface area (Å²) in [4.78, 5) is 13.0. The van der Waals surface area contributed by atoms with Crippen molar-refractivity contribution in [3.8, 4) is 5.75 Å². The number of carbonyl (C=O) groups is 1. The van der Waals surface area contributed by atoms with Crippen molar-refractivity contribution in [1.82, 2.24) is 5.43 Å². The smallest absolute Gasteiger partial charge is 0.280 e. The van der Waals surface area contributed by atoms with Crippen molar-refractivity contribution in [3.05, 3.63) is 63.3 Å². The quantitative estimate of drug-likeness (QED) is 0.501. The maximum absolute atomic E-state index is 12.1. The summed E-state index contributed by atoms with van der Waals surface area (Å²) < 4.78 is 6.72. The van der Waals surface area contributed by atoms with Gasteiger partial charge in [-0.1, -0.05) is 30.3 Å². The van der Waals surface area contributed by atoms with Gasteiger partial charge < -0.3 is 4.74 Å². The van der Waals surface area contributed by atoms with Gasteiger partial charge in [0.05, 0.1) is 10.0 Å². The molecule has 1 unspecified atom stereocenters. The van der Waals surface area contributed by atoms with Crippen molar-refractivity contribution < 1.29 is 9.53 Å². The van der Waals surface area contributed by atoms with Gasteiger partial charge in [-0.25, -0.2) is 5.43 Å². The molecule has 0 radical (unpaired) electrons. The van der Waals surface area contributed by atoms with Crippen molar-refractivity contribution in [2.45, 2.75) is 13.0 Å². The van der Waals surface area contributed by atoms with Crippen LogP contribution in [0.4, 0.5) is 0 Å². The maximum Gasteiger partial charge on any atom is 0.280 e. The molecule has 0 saturated heterocycles. The third kappa shape index (κ3) is 4.21. The van der Waals surface area contributed by atoms with Crippen LogP contribution in [-0.2, 0) is 4.79 Å². The molecular formula is C18H15BrN2O2S. The fourth-order valence-electron chi connectivity index (χ4n) is 2.15. The number of carbonyl (C=O) groups excluding carboxylic acids is 1. The Morgan fingerprint density at radius 2 is 2.00 bits per heavy atom. The molecule has 0 saturated carbocycles. The van der Waals surface area contributed by atoms with Gasteiger partial charge in [0.15, 0.2) is 6.10 Å². The minimum absolute atomic E-state index is 0.296. The van der Waals surface area contributed by atoms with Crippen molar-refractivity contribution in [3.63, 3.8) is 0 Å². The van der Waals surface area contributed by atoms with Gasteiger partial charge in [0.2, 0.25) is 0 Å². The van der Waals surface area contributed by atoms with Crippen LogP contribution in [0.5, 0.6) is 5.75 Å². The minimum atomic E-state index is -0.640. The van der Waals surface area contributed by atoms with Gasteiger partial charge in [-0.05, 0) is 57.9 Å². The number of benzene rings is 2. The molecule has 1 amide bonds. The fraction of sp³-hybridized carbons (Fsp3) is 0.111. The molecule has 1 heterocycles. The molecule has 122 valence electrons. The van der Waals surface area contributed by atoms with Crippen LogP contribution in [0.2, 0.25) is 0 Å². The molecule has 1 aromatic heterocycles. The summed E-state index contributed by atoms with van der Waals surface area (Å²) in [5.74, 6) is 0.359. The first-order valence-electron chi connectivity index (χ1n) is 7.35. The Morgan fingerprint density at radius 1 is 1.21 bits per heavy atom. The Hall–Kier alpha value is -2.18. The first-order chi connectivity index (χ1) is 11.6. The summed E-state index contributed by atoms with van der Waals surface area (Å²) in [5.41, 5.74) is 2.49. The largest absolute Gasteiger partial charge is 0.481 e. The first-order valence-corrected chi connectivity index (χ1v) is 8.96. The summed E-state index contributed by atoms with van der Waals surface area (Å²) in [5, 5.41) is 6.16. The zero-order valence-electron chi connectivity index (χ0n) is 12.9. The van der Waals surface area contributed by atoms with Crippen molar-refractivity contribution in [1.29, 1.82) is 0 Å². The molecule has 0 aliphatic heterocycles. The standard InChI is InChI=1S/C18H15BrN2O2S/c1-12(18(22)21-20-11-16-8-9-17(19)24-16)23-15-7-6-13-4-2-3-5-14(13)10-15/h2-12H,1H3,(H,21,22)/b20-11+. The molecule has 2 aromatic carbocycles. The van der Waals surface area contributed by atoms with Crippen LogP contribution in [0, 0.1) is 0 Å². The zero-order valence-corrected chi connectivity index (χ0v) is 15.3. The molecule has 0 aliphatic rings.